The van der Waals surface area contributed by atoms with Gasteiger partial charge in [0.05, 0.1) is 6.42 Å². The van der Waals surface area contributed by atoms with Crippen molar-refractivity contribution in [2.24, 2.45) is 0 Å². The smallest absolute Gasteiger partial charge is 0.305 e. The average molecular weight is 296 g/mol. The molecule has 0 aliphatic carbocycles. The van der Waals surface area contributed by atoms with Crippen molar-refractivity contribution in [1.29, 1.82) is 0 Å². The van der Waals surface area contributed by atoms with Gasteiger partial charge >= 0.3 is 5.97 Å². The Bertz CT molecular complexity index is 564. The molecule has 1 aromatic carbocycles. The molecule has 2 atom stereocenters. The van der Waals surface area contributed by atoms with E-state index in [9.17, 15) is 19.1 Å². The van der Waals surface area contributed by atoms with Gasteiger partial charge in [-0.3, -0.25) is 14.5 Å². The standard InChI is InChI=1S/C14H17FN2O4/c1-8(10-3-2-9(15)6-12(10)18)17-5-4-16-14(21)11(17)7-13(19)20/h2-3,6,8,11,18H,4-5,7H2,1H3,(H,16,21)(H,19,20). The summed E-state index contributed by atoms with van der Waals surface area (Å²) < 4.78 is 13.0. The molecule has 3 N–H and O–H groups in total. The van der Waals surface area contributed by atoms with Crippen molar-refractivity contribution in [1.82, 2.24) is 10.2 Å². The second kappa shape index (κ2) is 6.09. The topological polar surface area (TPSA) is 89.9 Å². The van der Waals surface area contributed by atoms with Crippen LogP contribution in [0.3, 0.4) is 0 Å². The fourth-order valence-electron chi connectivity index (χ4n) is 2.62. The molecular weight excluding hydrogens is 279 g/mol. The Morgan fingerprint density at radius 1 is 1.57 bits per heavy atom. The molecule has 1 aliphatic heterocycles. The van der Waals surface area contributed by atoms with Gasteiger partial charge in [0.2, 0.25) is 5.91 Å². The van der Waals surface area contributed by atoms with Crippen molar-refractivity contribution in [2.75, 3.05) is 13.1 Å². The average Bonchev–Trinajstić information content (AvgIpc) is 2.40. The van der Waals surface area contributed by atoms with Crippen molar-refractivity contribution >= 4 is 11.9 Å². The number of aromatic hydroxyl groups is 1. The van der Waals surface area contributed by atoms with Crippen LogP contribution in [0.1, 0.15) is 24.9 Å². The van der Waals surface area contributed by atoms with E-state index < -0.39 is 23.9 Å². The Kier molecular flexibility index (Phi) is 4.42. The molecule has 0 radical (unpaired) electrons. The van der Waals surface area contributed by atoms with E-state index in [0.29, 0.717) is 18.7 Å². The number of amides is 1. The van der Waals surface area contributed by atoms with Crippen LogP contribution in [-0.2, 0) is 9.59 Å². The van der Waals surface area contributed by atoms with Crippen LogP contribution in [0.5, 0.6) is 5.75 Å². The highest BCUT2D eigenvalue weighted by Crippen LogP contribution is 2.31. The number of carbonyl (C=O) groups excluding carboxylic acids is 1. The first kappa shape index (κ1) is 15.2. The van der Waals surface area contributed by atoms with Crippen LogP contribution < -0.4 is 5.32 Å². The summed E-state index contributed by atoms with van der Waals surface area (Å²) in [7, 11) is 0. The molecule has 1 saturated heterocycles. The van der Waals surface area contributed by atoms with Gasteiger partial charge in [-0.1, -0.05) is 6.07 Å². The fraction of sp³-hybridized carbons (Fsp3) is 0.429. The molecule has 114 valence electrons. The zero-order valence-electron chi connectivity index (χ0n) is 11.5. The Labute approximate surface area is 121 Å². The first-order valence-electron chi connectivity index (χ1n) is 6.64. The lowest BCUT2D eigenvalue weighted by atomic mass is 10.0. The summed E-state index contributed by atoms with van der Waals surface area (Å²) in [5.41, 5.74) is 0.460. The molecule has 0 saturated carbocycles. The molecule has 6 nitrogen and oxygen atoms in total. The second-order valence-corrected chi connectivity index (χ2v) is 5.02. The Morgan fingerprint density at radius 3 is 2.90 bits per heavy atom. The number of carboxylic acid groups (broad SMARTS) is 1. The zero-order chi connectivity index (χ0) is 15.6. The van der Waals surface area contributed by atoms with Gasteiger partial charge in [-0.05, 0) is 13.0 Å². The van der Waals surface area contributed by atoms with Crippen LogP contribution in [0.15, 0.2) is 18.2 Å². The number of hydrogen-bond acceptors (Lipinski definition) is 4. The highest BCUT2D eigenvalue weighted by molar-refractivity contribution is 5.86. The third-order valence-electron chi connectivity index (χ3n) is 3.68. The minimum absolute atomic E-state index is 0.206. The highest BCUT2D eigenvalue weighted by Gasteiger charge is 2.35. The highest BCUT2D eigenvalue weighted by atomic mass is 19.1. The molecule has 2 unspecified atom stereocenters. The van der Waals surface area contributed by atoms with Crippen LogP contribution in [-0.4, -0.2) is 46.1 Å². The maximum atomic E-state index is 13.0. The summed E-state index contributed by atoms with van der Waals surface area (Å²) in [4.78, 5) is 24.5. The molecule has 0 spiro atoms. The predicted octanol–water partition coefficient (Wildman–Crippen LogP) is 0.867. The van der Waals surface area contributed by atoms with Crippen molar-refractivity contribution in [2.45, 2.75) is 25.4 Å². The van der Waals surface area contributed by atoms with Gasteiger partial charge in [0.1, 0.15) is 17.6 Å². The number of phenolic OH excluding ortho intramolecular Hbond substituents is 1. The van der Waals surface area contributed by atoms with Crippen LogP contribution in [0.2, 0.25) is 0 Å². The summed E-state index contributed by atoms with van der Waals surface area (Å²) in [5.74, 6) is -2.18. The molecule has 1 aliphatic rings. The zero-order valence-corrected chi connectivity index (χ0v) is 11.5. The van der Waals surface area contributed by atoms with E-state index in [4.69, 9.17) is 5.11 Å². The van der Waals surface area contributed by atoms with Crippen molar-refractivity contribution < 1.29 is 24.2 Å². The molecule has 1 heterocycles. The largest absolute Gasteiger partial charge is 0.508 e. The monoisotopic (exact) mass is 296 g/mol. The number of rotatable bonds is 4. The minimum atomic E-state index is -1.07. The number of piperazine rings is 1. The van der Waals surface area contributed by atoms with Crippen molar-refractivity contribution in [3.05, 3.63) is 29.6 Å². The first-order chi connectivity index (χ1) is 9.90. The van der Waals surface area contributed by atoms with E-state index >= 15 is 0 Å². The first-order valence-corrected chi connectivity index (χ1v) is 6.64. The van der Waals surface area contributed by atoms with Crippen molar-refractivity contribution in [3.8, 4) is 5.75 Å². The Morgan fingerprint density at radius 2 is 2.29 bits per heavy atom. The Balaban J connectivity index is 2.27. The summed E-state index contributed by atoms with van der Waals surface area (Å²) in [6.07, 6.45) is -0.321. The van der Waals surface area contributed by atoms with Crippen LogP contribution in [0.25, 0.3) is 0 Å². The maximum Gasteiger partial charge on any atom is 0.305 e. The lowest BCUT2D eigenvalue weighted by Gasteiger charge is -2.38. The number of aliphatic carboxylic acids is 1. The van der Waals surface area contributed by atoms with Crippen LogP contribution in [0.4, 0.5) is 4.39 Å². The summed E-state index contributed by atoms with van der Waals surface area (Å²) >= 11 is 0. The number of phenols is 1. The normalized spacial score (nSPS) is 20.9. The fourth-order valence-corrected chi connectivity index (χ4v) is 2.62. The van der Waals surface area contributed by atoms with Gasteiger partial charge in [0, 0.05) is 30.8 Å². The number of benzene rings is 1. The Hall–Kier alpha value is -2.15. The third kappa shape index (κ3) is 3.30. The number of nitrogens with one attached hydrogen (secondary N) is 1. The number of carbonyl (C=O) groups is 2. The number of hydrogen-bond donors (Lipinski definition) is 3. The van der Waals surface area contributed by atoms with E-state index in [1.165, 1.54) is 12.1 Å². The molecule has 0 aromatic heterocycles. The van der Waals surface area contributed by atoms with E-state index in [0.717, 1.165) is 6.07 Å². The van der Waals surface area contributed by atoms with Crippen molar-refractivity contribution in [3.63, 3.8) is 0 Å². The molecule has 21 heavy (non-hydrogen) atoms. The maximum absolute atomic E-state index is 13.0. The van der Waals surface area contributed by atoms with Gasteiger partial charge in [0.25, 0.3) is 0 Å². The summed E-state index contributed by atoms with van der Waals surface area (Å²) in [6.45, 7) is 2.61. The molecule has 0 bridgehead atoms. The lowest BCUT2D eigenvalue weighted by Crippen LogP contribution is -2.56. The molecule has 7 heteroatoms. The third-order valence-corrected chi connectivity index (χ3v) is 3.68. The molecule has 2 rings (SSSR count). The summed E-state index contributed by atoms with van der Waals surface area (Å²) in [5, 5.41) is 21.4. The van der Waals surface area contributed by atoms with Gasteiger partial charge in [-0.15, -0.1) is 0 Å². The van der Waals surface area contributed by atoms with Gasteiger partial charge < -0.3 is 15.5 Å². The van der Waals surface area contributed by atoms with Crippen LogP contribution in [0, 0.1) is 5.82 Å². The predicted molar refractivity (Wildman–Crippen MR) is 72.2 cm³/mol. The number of halogens is 1. The van der Waals surface area contributed by atoms with E-state index in [-0.39, 0.29) is 18.1 Å². The van der Waals surface area contributed by atoms with Gasteiger partial charge in [-0.2, -0.15) is 0 Å². The van der Waals surface area contributed by atoms with E-state index in [2.05, 4.69) is 5.32 Å². The second-order valence-electron chi connectivity index (χ2n) is 5.02. The van der Waals surface area contributed by atoms with E-state index in [1.54, 1.807) is 11.8 Å². The quantitative estimate of drug-likeness (QED) is 0.767. The van der Waals surface area contributed by atoms with Gasteiger partial charge in [0.15, 0.2) is 0 Å². The van der Waals surface area contributed by atoms with E-state index in [1.807, 2.05) is 0 Å². The molecular formula is C14H17FN2O4. The molecule has 1 amide bonds. The van der Waals surface area contributed by atoms with Crippen LogP contribution >= 0.6 is 0 Å². The summed E-state index contributed by atoms with van der Waals surface area (Å²) in [6, 6.07) is 2.46. The van der Waals surface area contributed by atoms with Gasteiger partial charge in [-0.25, -0.2) is 4.39 Å². The molecule has 1 aromatic rings. The molecule has 1 fully saturated rings. The lowest BCUT2D eigenvalue weighted by molar-refractivity contribution is -0.143. The number of nitrogens with zero attached hydrogens (tertiary/aromatic N) is 1. The number of carboxylic acids is 1. The SMILES string of the molecule is CC(c1ccc(F)cc1O)N1CCNC(=O)C1CC(=O)O. The minimum Gasteiger partial charge on any atom is -0.508 e.